The van der Waals surface area contributed by atoms with E-state index in [0.717, 1.165) is 16.6 Å². The van der Waals surface area contributed by atoms with E-state index in [1.54, 1.807) is 0 Å². The maximum atomic E-state index is 5.89. The van der Waals surface area contributed by atoms with Gasteiger partial charge in [-0.15, -0.1) is 0 Å². The van der Waals surface area contributed by atoms with Gasteiger partial charge in [0.05, 0.1) is 0 Å². The minimum absolute atomic E-state index is 0.870. The summed E-state index contributed by atoms with van der Waals surface area (Å²) >= 11 is 3.44. The topological polar surface area (TPSA) is 26.0 Å². The molecule has 0 saturated carbocycles. The van der Waals surface area contributed by atoms with Crippen molar-refractivity contribution in [2.45, 2.75) is 13.3 Å². The molecule has 0 bridgehead atoms. The number of nitrogen functional groups attached to an aromatic ring is 1. The van der Waals surface area contributed by atoms with Gasteiger partial charge in [0.25, 0.3) is 0 Å². The highest BCUT2D eigenvalue weighted by atomic mass is 79.9. The molecular weight excluding hydrogens is 262 g/mol. The minimum Gasteiger partial charge on any atom is -0.399 e. The first-order valence-electron chi connectivity index (χ1n) is 5.25. The summed E-state index contributed by atoms with van der Waals surface area (Å²) < 4.78 is 1.11. The van der Waals surface area contributed by atoms with Crippen LogP contribution in [0.25, 0.3) is 0 Å². The van der Waals surface area contributed by atoms with E-state index < -0.39 is 0 Å². The van der Waals surface area contributed by atoms with E-state index in [1.807, 2.05) is 12.1 Å². The van der Waals surface area contributed by atoms with Crippen LogP contribution in [-0.2, 0) is 6.42 Å². The van der Waals surface area contributed by atoms with E-state index in [4.69, 9.17) is 5.73 Å². The molecule has 0 spiro atoms. The number of halogens is 1. The van der Waals surface area contributed by atoms with Crippen LogP contribution in [0.1, 0.15) is 16.7 Å². The van der Waals surface area contributed by atoms with E-state index in [-0.39, 0.29) is 0 Å². The molecule has 2 heteroatoms. The Morgan fingerprint density at radius 3 is 2.44 bits per heavy atom. The summed E-state index contributed by atoms with van der Waals surface area (Å²) in [5.41, 5.74) is 10.5. The van der Waals surface area contributed by atoms with Crippen LogP contribution >= 0.6 is 15.9 Å². The van der Waals surface area contributed by atoms with Gasteiger partial charge in [-0.05, 0) is 48.2 Å². The van der Waals surface area contributed by atoms with Crippen LogP contribution in [0.5, 0.6) is 0 Å². The molecule has 0 aromatic heterocycles. The van der Waals surface area contributed by atoms with Gasteiger partial charge in [-0.2, -0.15) is 0 Å². The number of rotatable bonds is 2. The molecule has 0 aliphatic heterocycles. The predicted molar refractivity (Wildman–Crippen MR) is 72.5 cm³/mol. The number of anilines is 1. The molecule has 0 aliphatic carbocycles. The van der Waals surface area contributed by atoms with Crippen molar-refractivity contribution in [3.8, 4) is 0 Å². The summed E-state index contributed by atoms with van der Waals surface area (Å²) in [6.45, 7) is 2.07. The van der Waals surface area contributed by atoms with Crippen LogP contribution in [0, 0.1) is 6.92 Å². The molecule has 0 amide bonds. The highest BCUT2D eigenvalue weighted by molar-refractivity contribution is 9.10. The second-order valence-corrected chi connectivity index (χ2v) is 4.85. The lowest BCUT2D eigenvalue weighted by atomic mass is 9.99. The normalized spacial score (nSPS) is 10.4. The van der Waals surface area contributed by atoms with Crippen LogP contribution < -0.4 is 5.73 Å². The molecule has 0 fully saturated rings. The summed E-state index contributed by atoms with van der Waals surface area (Å²) in [6, 6.07) is 14.5. The SMILES string of the molecule is Cc1c(N)cccc1Cc1ccc(Br)cc1. The molecule has 0 unspecified atom stereocenters. The Balaban J connectivity index is 2.27. The molecule has 0 radical (unpaired) electrons. The fourth-order valence-electron chi connectivity index (χ4n) is 1.72. The molecule has 1 nitrogen and oxygen atoms in total. The van der Waals surface area contributed by atoms with Crippen LogP contribution in [0.3, 0.4) is 0 Å². The van der Waals surface area contributed by atoms with Crippen molar-refractivity contribution in [2.75, 3.05) is 5.73 Å². The average molecular weight is 276 g/mol. The first-order valence-corrected chi connectivity index (χ1v) is 6.04. The van der Waals surface area contributed by atoms with Gasteiger partial charge in [-0.3, -0.25) is 0 Å². The zero-order valence-corrected chi connectivity index (χ0v) is 10.8. The fraction of sp³-hybridized carbons (Fsp3) is 0.143. The number of nitrogens with two attached hydrogens (primary N) is 1. The van der Waals surface area contributed by atoms with Gasteiger partial charge < -0.3 is 5.73 Å². The monoisotopic (exact) mass is 275 g/mol. The van der Waals surface area contributed by atoms with Crippen molar-refractivity contribution in [1.29, 1.82) is 0 Å². The van der Waals surface area contributed by atoms with E-state index in [2.05, 4.69) is 53.2 Å². The molecule has 2 rings (SSSR count). The van der Waals surface area contributed by atoms with Gasteiger partial charge in [0.2, 0.25) is 0 Å². The van der Waals surface area contributed by atoms with E-state index in [1.165, 1.54) is 16.7 Å². The number of hydrogen-bond acceptors (Lipinski definition) is 1. The summed E-state index contributed by atoms with van der Waals surface area (Å²) in [7, 11) is 0. The Kier molecular flexibility index (Phi) is 3.30. The van der Waals surface area contributed by atoms with Crippen molar-refractivity contribution in [1.82, 2.24) is 0 Å². The molecule has 2 aromatic carbocycles. The first kappa shape index (κ1) is 11.2. The summed E-state index contributed by atoms with van der Waals surface area (Å²) in [5, 5.41) is 0. The standard InChI is InChI=1S/C14H14BrN/c1-10-12(3-2-4-14(10)16)9-11-5-7-13(15)8-6-11/h2-8H,9,16H2,1H3. The molecule has 0 saturated heterocycles. The highest BCUT2D eigenvalue weighted by Crippen LogP contribution is 2.20. The Labute approximate surface area is 104 Å². The van der Waals surface area contributed by atoms with E-state index in [0.29, 0.717) is 0 Å². The maximum Gasteiger partial charge on any atom is 0.0346 e. The van der Waals surface area contributed by atoms with Crippen molar-refractivity contribution in [2.24, 2.45) is 0 Å². The van der Waals surface area contributed by atoms with Crippen molar-refractivity contribution < 1.29 is 0 Å². The van der Waals surface area contributed by atoms with Crippen molar-refractivity contribution in [3.05, 3.63) is 63.6 Å². The lowest BCUT2D eigenvalue weighted by molar-refractivity contribution is 1.16. The Morgan fingerprint density at radius 1 is 1.06 bits per heavy atom. The van der Waals surface area contributed by atoms with Gasteiger partial charge in [0.15, 0.2) is 0 Å². The van der Waals surface area contributed by atoms with Gasteiger partial charge in [-0.1, -0.05) is 40.2 Å². The van der Waals surface area contributed by atoms with Gasteiger partial charge in [0, 0.05) is 10.2 Å². The molecule has 82 valence electrons. The van der Waals surface area contributed by atoms with Crippen molar-refractivity contribution >= 4 is 21.6 Å². The fourth-order valence-corrected chi connectivity index (χ4v) is 1.98. The second-order valence-electron chi connectivity index (χ2n) is 3.93. The molecule has 0 aliphatic rings. The summed E-state index contributed by atoms with van der Waals surface area (Å²) in [6.07, 6.45) is 0.935. The minimum atomic E-state index is 0.870. The lowest BCUT2D eigenvalue weighted by Gasteiger charge is -2.08. The third-order valence-corrected chi connectivity index (χ3v) is 3.32. The van der Waals surface area contributed by atoms with Crippen LogP contribution in [-0.4, -0.2) is 0 Å². The van der Waals surface area contributed by atoms with Crippen LogP contribution in [0.15, 0.2) is 46.9 Å². The largest absolute Gasteiger partial charge is 0.399 e. The Hall–Kier alpha value is -1.28. The van der Waals surface area contributed by atoms with Gasteiger partial charge in [0.1, 0.15) is 0 Å². The summed E-state index contributed by atoms with van der Waals surface area (Å²) in [5.74, 6) is 0. The van der Waals surface area contributed by atoms with Gasteiger partial charge >= 0.3 is 0 Å². The van der Waals surface area contributed by atoms with Crippen LogP contribution in [0.2, 0.25) is 0 Å². The maximum absolute atomic E-state index is 5.89. The summed E-state index contributed by atoms with van der Waals surface area (Å²) in [4.78, 5) is 0. The molecule has 2 aromatic rings. The third-order valence-electron chi connectivity index (χ3n) is 2.80. The first-order chi connectivity index (χ1) is 7.66. The van der Waals surface area contributed by atoms with Crippen molar-refractivity contribution in [3.63, 3.8) is 0 Å². The highest BCUT2D eigenvalue weighted by Gasteiger charge is 2.02. The number of hydrogen-bond donors (Lipinski definition) is 1. The molecule has 16 heavy (non-hydrogen) atoms. The Bertz CT molecular complexity index is 489. The Morgan fingerprint density at radius 2 is 1.75 bits per heavy atom. The zero-order valence-electron chi connectivity index (χ0n) is 9.20. The average Bonchev–Trinajstić information content (AvgIpc) is 2.28. The van der Waals surface area contributed by atoms with E-state index >= 15 is 0 Å². The third kappa shape index (κ3) is 2.45. The molecular formula is C14H14BrN. The lowest BCUT2D eigenvalue weighted by Crippen LogP contribution is -1.96. The van der Waals surface area contributed by atoms with Gasteiger partial charge in [-0.25, -0.2) is 0 Å². The smallest absolute Gasteiger partial charge is 0.0346 e. The molecule has 0 atom stereocenters. The second kappa shape index (κ2) is 4.71. The molecule has 2 N–H and O–H groups in total. The number of benzene rings is 2. The quantitative estimate of drug-likeness (QED) is 0.826. The zero-order chi connectivity index (χ0) is 11.5. The van der Waals surface area contributed by atoms with Crippen LogP contribution in [0.4, 0.5) is 5.69 Å². The predicted octanol–water partition coefficient (Wildman–Crippen LogP) is 3.93. The molecule has 0 heterocycles. The van der Waals surface area contributed by atoms with E-state index in [9.17, 15) is 0 Å².